The molecule has 1 aromatic rings. The highest BCUT2D eigenvalue weighted by atomic mass is 32.1. The van der Waals surface area contributed by atoms with Gasteiger partial charge in [-0.25, -0.2) is 4.98 Å². The van der Waals surface area contributed by atoms with Gasteiger partial charge in [0.15, 0.2) is 0 Å². The van der Waals surface area contributed by atoms with Crippen molar-refractivity contribution >= 4 is 23.2 Å². The van der Waals surface area contributed by atoms with Crippen LogP contribution in [0.25, 0.3) is 0 Å². The van der Waals surface area contributed by atoms with Gasteiger partial charge in [-0.15, -0.1) is 11.3 Å². The van der Waals surface area contributed by atoms with Gasteiger partial charge in [0, 0.05) is 30.3 Å². The van der Waals surface area contributed by atoms with Gasteiger partial charge in [-0.2, -0.15) is 0 Å². The number of amides is 1. The Labute approximate surface area is 142 Å². The first-order valence-corrected chi connectivity index (χ1v) is 9.25. The number of aryl methyl sites for hydroxylation is 1. The van der Waals surface area contributed by atoms with Gasteiger partial charge in [0.2, 0.25) is 5.91 Å². The summed E-state index contributed by atoms with van der Waals surface area (Å²) in [4.78, 5) is 31.7. The van der Waals surface area contributed by atoms with Crippen LogP contribution in [0.1, 0.15) is 43.7 Å². The number of thiazole rings is 1. The average molecular weight is 338 g/mol. The van der Waals surface area contributed by atoms with Crippen LogP contribution in [0.2, 0.25) is 0 Å². The van der Waals surface area contributed by atoms with Crippen molar-refractivity contribution in [2.75, 3.05) is 19.7 Å². The first-order valence-electron chi connectivity index (χ1n) is 8.37. The molecular weight excluding hydrogens is 312 g/mol. The van der Waals surface area contributed by atoms with Crippen molar-refractivity contribution in [1.82, 2.24) is 9.88 Å². The lowest BCUT2D eigenvalue weighted by atomic mass is 9.96. The number of aromatic nitrogens is 1. The molecule has 2 atom stereocenters. The number of carbonyl (C=O) groups excluding carboxylic acids is 2. The number of hydrogen-bond donors (Lipinski definition) is 0. The fourth-order valence-corrected chi connectivity index (χ4v) is 3.55. The maximum absolute atomic E-state index is 12.3. The third-order valence-electron chi connectivity index (χ3n) is 4.52. The molecule has 0 aromatic carbocycles. The van der Waals surface area contributed by atoms with Crippen LogP contribution in [0.4, 0.5) is 0 Å². The molecule has 0 N–H and O–H groups in total. The van der Waals surface area contributed by atoms with E-state index in [9.17, 15) is 9.59 Å². The molecule has 1 saturated heterocycles. The summed E-state index contributed by atoms with van der Waals surface area (Å²) in [5.41, 5.74) is 2.82. The molecule has 1 aliphatic heterocycles. The summed E-state index contributed by atoms with van der Waals surface area (Å²) in [6.45, 7) is 7.57. The van der Waals surface area contributed by atoms with Crippen LogP contribution < -0.4 is 0 Å². The predicted octanol–water partition coefficient (Wildman–Crippen LogP) is 2.82. The van der Waals surface area contributed by atoms with Crippen LogP contribution in [0.5, 0.6) is 0 Å². The Hall–Kier alpha value is -1.43. The van der Waals surface area contributed by atoms with Gasteiger partial charge in [0.25, 0.3) is 0 Å². The largest absolute Gasteiger partial charge is 0.465 e. The van der Waals surface area contributed by atoms with E-state index in [1.807, 2.05) is 31.2 Å². The molecule has 0 aliphatic carbocycles. The normalized spacial score (nSPS) is 19.4. The Morgan fingerprint density at radius 1 is 1.52 bits per heavy atom. The molecule has 1 aliphatic rings. The van der Waals surface area contributed by atoms with Crippen molar-refractivity contribution < 1.29 is 14.3 Å². The Kier molecular flexibility index (Phi) is 6.57. The fraction of sp³-hybridized carbons (Fsp3) is 0.706. The number of nitrogens with zero attached hydrogens (tertiary/aromatic N) is 2. The third-order valence-corrected chi connectivity index (χ3v) is 5.51. The highest BCUT2D eigenvalue weighted by Gasteiger charge is 2.30. The summed E-state index contributed by atoms with van der Waals surface area (Å²) in [6.07, 6.45) is 3.22. The molecule has 0 unspecified atom stereocenters. The van der Waals surface area contributed by atoms with E-state index in [1.54, 1.807) is 11.3 Å². The Bertz CT molecular complexity index is 544. The Morgan fingerprint density at radius 3 is 2.96 bits per heavy atom. The molecule has 0 radical (unpaired) electrons. The fourth-order valence-electron chi connectivity index (χ4n) is 2.78. The van der Waals surface area contributed by atoms with E-state index in [-0.39, 0.29) is 23.7 Å². The molecular formula is C17H26N2O3S. The maximum Gasteiger partial charge on any atom is 0.310 e. The minimum atomic E-state index is -0.181. The number of rotatable bonds is 6. The highest BCUT2D eigenvalue weighted by molar-refractivity contribution is 7.09. The molecule has 6 heteroatoms. The van der Waals surface area contributed by atoms with Gasteiger partial charge in [0.05, 0.1) is 23.7 Å². The summed E-state index contributed by atoms with van der Waals surface area (Å²) in [5, 5.41) is 0. The van der Waals surface area contributed by atoms with Gasteiger partial charge in [-0.3, -0.25) is 9.59 Å². The monoisotopic (exact) mass is 338 g/mol. The van der Waals surface area contributed by atoms with Gasteiger partial charge in [-0.1, -0.05) is 13.8 Å². The van der Waals surface area contributed by atoms with Crippen molar-refractivity contribution in [2.45, 2.75) is 46.5 Å². The van der Waals surface area contributed by atoms with Crippen LogP contribution in [0.15, 0.2) is 5.51 Å². The molecule has 5 nitrogen and oxygen atoms in total. The molecule has 0 spiro atoms. The van der Waals surface area contributed by atoms with E-state index in [4.69, 9.17) is 4.74 Å². The molecule has 0 bridgehead atoms. The van der Waals surface area contributed by atoms with Crippen molar-refractivity contribution in [1.29, 1.82) is 0 Å². The molecule has 1 aromatic heterocycles. The quantitative estimate of drug-likeness (QED) is 0.748. The summed E-state index contributed by atoms with van der Waals surface area (Å²) in [7, 11) is 0. The average Bonchev–Trinajstić information content (AvgIpc) is 2.98. The summed E-state index contributed by atoms with van der Waals surface area (Å²) >= 11 is 1.59. The molecule has 23 heavy (non-hydrogen) atoms. The Morgan fingerprint density at radius 2 is 2.30 bits per heavy atom. The molecule has 1 amide bonds. The van der Waals surface area contributed by atoms with Crippen molar-refractivity contribution in [2.24, 2.45) is 11.8 Å². The molecule has 1 fully saturated rings. The standard InChI is InChI=1S/C17H26N2O3S/c1-4-12(2)16(20)19-8-5-6-14(10-19)17(21)22-9-7-15-13(3)18-11-23-15/h11-12,14H,4-10H2,1-3H3/t12-,14-/m0/s1. The van der Waals surface area contributed by atoms with E-state index in [0.717, 1.165) is 36.4 Å². The van der Waals surface area contributed by atoms with Crippen molar-refractivity contribution in [3.63, 3.8) is 0 Å². The number of esters is 1. The lowest BCUT2D eigenvalue weighted by Crippen LogP contribution is -2.44. The summed E-state index contributed by atoms with van der Waals surface area (Å²) in [5.74, 6) is -0.169. The Balaban J connectivity index is 1.80. The molecule has 128 valence electrons. The van der Waals surface area contributed by atoms with E-state index in [1.165, 1.54) is 0 Å². The molecule has 0 saturated carbocycles. The first-order chi connectivity index (χ1) is 11.0. The van der Waals surface area contributed by atoms with Gasteiger partial charge < -0.3 is 9.64 Å². The highest BCUT2D eigenvalue weighted by Crippen LogP contribution is 2.21. The lowest BCUT2D eigenvalue weighted by Gasteiger charge is -2.33. The minimum absolute atomic E-state index is 0.0269. The predicted molar refractivity (Wildman–Crippen MR) is 90.3 cm³/mol. The van der Waals surface area contributed by atoms with Gasteiger partial charge in [-0.05, 0) is 26.2 Å². The zero-order valence-electron chi connectivity index (χ0n) is 14.2. The smallest absolute Gasteiger partial charge is 0.310 e. The summed E-state index contributed by atoms with van der Waals surface area (Å²) < 4.78 is 5.43. The van der Waals surface area contributed by atoms with E-state index >= 15 is 0 Å². The number of ether oxygens (including phenoxy) is 1. The van der Waals surface area contributed by atoms with Crippen LogP contribution in [-0.2, 0) is 20.7 Å². The van der Waals surface area contributed by atoms with Crippen LogP contribution >= 0.6 is 11.3 Å². The van der Waals surface area contributed by atoms with E-state index in [0.29, 0.717) is 19.6 Å². The van der Waals surface area contributed by atoms with E-state index < -0.39 is 0 Å². The number of hydrogen-bond acceptors (Lipinski definition) is 5. The second-order valence-corrected chi connectivity index (χ2v) is 7.15. The second kappa shape index (κ2) is 8.43. The van der Waals surface area contributed by atoms with Crippen LogP contribution in [0.3, 0.4) is 0 Å². The van der Waals surface area contributed by atoms with Gasteiger partial charge in [0.1, 0.15) is 0 Å². The first kappa shape index (κ1) is 17.9. The maximum atomic E-state index is 12.3. The molecule has 2 rings (SSSR count). The van der Waals surface area contributed by atoms with Crippen LogP contribution in [0, 0.1) is 18.8 Å². The number of carbonyl (C=O) groups is 2. The SMILES string of the molecule is CC[C@H](C)C(=O)N1CCC[C@H](C(=O)OCCc2scnc2C)C1. The number of piperidine rings is 1. The summed E-state index contributed by atoms with van der Waals surface area (Å²) in [6, 6.07) is 0. The van der Waals surface area contributed by atoms with Crippen molar-refractivity contribution in [3.05, 3.63) is 16.1 Å². The van der Waals surface area contributed by atoms with Crippen molar-refractivity contribution in [3.8, 4) is 0 Å². The zero-order chi connectivity index (χ0) is 16.8. The topological polar surface area (TPSA) is 59.5 Å². The van der Waals surface area contributed by atoms with Crippen LogP contribution in [-0.4, -0.2) is 41.5 Å². The lowest BCUT2D eigenvalue weighted by molar-refractivity contribution is -0.152. The van der Waals surface area contributed by atoms with E-state index in [2.05, 4.69) is 4.98 Å². The third kappa shape index (κ3) is 4.77. The minimum Gasteiger partial charge on any atom is -0.465 e. The molecule has 2 heterocycles. The number of likely N-dealkylation sites (tertiary alicyclic amines) is 1. The second-order valence-electron chi connectivity index (χ2n) is 6.21. The zero-order valence-corrected chi connectivity index (χ0v) is 15.0. The van der Waals surface area contributed by atoms with Gasteiger partial charge >= 0.3 is 5.97 Å².